The smallest absolute Gasteiger partial charge is 0.127 e. The van der Waals surface area contributed by atoms with Gasteiger partial charge in [0.1, 0.15) is 5.82 Å². The van der Waals surface area contributed by atoms with Gasteiger partial charge in [-0.2, -0.15) is 0 Å². The lowest BCUT2D eigenvalue weighted by atomic mass is 9.96. The summed E-state index contributed by atoms with van der Waals surface area (Å²) in [6.45, 7) is 4.19. The van der Waals surface area contributed by atoms with Crippen LogP contribution in [0, 0.1) is 11.7 Å². The van der Waals surface area contributed by atoms with E-state index in [1.807, 2.05) is 0 Å². The van der Waals surface area contributed by atoms with E-state index < -0.39 is 6.10 Å². The molecule has 0 heterocycles. The molecule has 0 spiro atoms. The predicted molar refractivity (Wildman–Crippen MR) is 67.9 cm³/mol. The van der Waals surface area contributed by atoms with E-state index in [0.717, 1.165) is 17.3 Å². The third-order valence-corrected chi connectivity index (χ3v) is 3.34. The quantitative estimate of drug-likeness (QED) is 0.870. The average molecular weight is 289 g/mol. The summed E-state index contributed by atoms with van der Waals surface area (Å²) < 4.78 is 14.2. The molecule has 3 heteroatoms. The van der Waals surface area contributed by atoms with E-state index in [-0.39, 0.29) is 5.82 Å². The zero-order chi connectivity index (χ0) is 12.1. The normalized spacial score (nSPS) is 14.8. The number of hydrogen-bond acceptors (Lipinski definition) is 1. The number of rotatable bonds is 5. The zero-order valence-electron chi connectivity index (χ0n) is 9.71. The van der Waals surface area contributed by atoms with E-state index in [4.69, 9.17) is 0 Å². The highest BCUT2D eigenvalue weighted by Crippen LogP contribution is 2.19. The summed E-state index contributed by atoms with van der Waals surface area (Å²) >= 11 is 3.21. The minimum Gasteiger partial charge on any atom is -0.393 e. The van der Waals surface area contributed by atoms with Gasteiger partial charge in [-0.15, -0.1) is 0 Å². The fourth-order valence-corrected chi connectivity index (χ4v) is 1.99. The molecule has 90 valence electrons. The van der Waals surface area contributed by atoms with Crippen molar-refractivity contribution >= 4 is 15.9 Å². The molecule has 0 radical (unpaired) electrons. The van der Waals surface area contributed by atoms with E-state index in [1.54, 1.807) is 12.1 Å². The average Bonchev–Trinajstić information content (AvgIpc) is 2.22. The summed E-state index contributed by atoms with van der Waals surface area (Å²) in [5.41, 5.74) is 0.582. The second-order valence-electron chi connectivity index (χ2n) is 4.34. The molecule has 0 aliphatic rings. The van der Waals surface area contributed by atoms with Crippen LogP contribution in [0.4, 0.5) is 4.39 Å². The molecule has 1 nitrogen and oxygen atoms in total. The molecule has 1 aromatic rings. The molecule has 1 N–H and O–H groups in total. The maximum absolute atomic E-state index is 13.5. The summed E-state index contributed by atoms with van der Waals surface area (Å²) in [4.78, 5) is 0. The Kier molecular flexibility index (Phi) is 5.42. The second-order valence-corrected chi connectivity index (χ2v) is 5.26. The summed E-state index contributed by atoms with van der Waals surface area (Å²) in [5.74, 6) is 0.228. The van der Waals surface area contributed by atoms with Crippen molar-refractivity contribution in [2.45, 2.75) is 39.2 Å². The molecule has 0 aromatic heterocycles. The lowest BCUT2D eigenvalue weighted by molar-refractivity contribution is 0.143. The number of hydrogen-bond donors (Lipinski definition) is 1. The van der Waals surface area contributed by atoms with E-state index in [1.165, 1.54) is 6.07 Å². The van der Waals surface area contributed by atoms with Gasteiger partial charge in [0, 0.05) is 10.9 Å². The SMILES string of the molecule is CCC(C)CC(O)Cc1ccc(Br)cc1F. The Labute approximate surface area is 105 Å². The van der Waals surface area contributed by atoms with Gasteiger partial charge in [0.15, 0.2) is 0 Å². The van der Waals surface area contributed by atoms with E-state index >= 15 is 0 Å². The third kappa shape index (κ3) is 4.22. The van der Waals surface area contributed by atoms with Gasteiger partial charge in [-0.25, -0.2) is 4.39 Å². The number of aliphatic hydroxyl groups is 1. The molecule has 0 aliphatic carbocycles. The Morgan fingerprint density at radius 2 is 2.12 bits per heavy atom. The minimum atomic E-state index is -0.453. The molecule has 2 atom stereocenters. The van der Waals surface area contributed by atoms with Crippen LogP contribution in [-0.2, 0) is 6.42 Å². The Morgan fingerprint density at radius 3 is 2.69 bits per heavy atom. The van der Waals surface area contributed by atoms with Crippen molar-refractivity contribution in [2.75, 3.05) is 0 Å². The summed E-state index contributed by atoms with van der Waals surface area (Å²) in [5, 5.41) is 9.82. The lowest BCUT2D eigenvalue weighted by Gasteiger charge is -2.15. The van der Waals surface area contributed by atoms with Crippen LogP contribution in [-0.4, -0.2) is 11.2 Å². The van der Waals surface area contributed by atoms with Crippen LogP contribution in [0.15, 0.2) is 22.7 Å². The highest BCUT2D eigenvalue weighted by atomic mass is 79.9. The molecule has 1 rings (SSSR count). The van der Waals surface area contributed by atoms with Crippen molar-refractivity contribution in [3.05, 3.63) is 34.1 Å². The van der Waals surface area contributed by atoms with E-state index in [2.05, 4.69) is 29.8 Å². The molecule has 16 heavy (non-hydrogen) atoms. The van der Waals surface area contributed by atoms with Crippen molar-refractivity contribution in [3.8, 4) is 0 Å². The summed E-state index contributed by atoms with van der Waals surface area (Å²) in [6, 6.07) is 4.96. The van der Waals surface area contributed by atoms with Gasteiger partial charge in [-0.1, -0.05) is 42.3 Å². The Balaban J connectivity index is 2.59. The molecule has 0 saturated carbocycles. The van der Waals surface area contributed by atoms with Gasteiger partial charge < -0.3 is 5.11 Å². The van der Waals surface area contributed by atoms with Crippen LogP contribution in [0.5, 0.6) is 0 Å². The Morgan fingerprint density at radius 1 is 1.44 bits per heavy atom. The van der Waals surface area contributed by atoms with Crippen LogP contribution in [0.1, 0.15) is 32.3 Å². The molecular formula is C13H18BrFO. The lowest BCUT2D eigenvalue weighted by Crippen LogP contribution is -2.15. The van der Waals surface area contributed by atoms with Crippen molar-refractivity contribution < 1.29 is 9.50 Å². The first-order valence-electron chi connectivity index (χ1n) is 5.65. The molecule has 0 saturated heterocycles. The summed E-state index contributed by atoms with van der Waals surface area (Å²) in [7, 11) is 0. The van der Waals surface area contributed by atoms with Crippen LogP contribution < -0.4 is 0 Å². The molecule has 1 aromatic carbocycles. The van der Waals surface area contributed by atoms with Crippen LogP contribution >= 0.6 is 15.9 Å². The van der Waals surface area contributed by atoms with Gasteiger partial charge in [0.05, 0.1) is 6.10 Å². The highest BCUT2D eigenvalue weighted by molar-refractivity contribution is 9.10. The topological polar surface area (TPSA) is 20.2 Å². The zero-order valence-corrected chi connectivity index (χ0v) is 11.3. The first-order chi connectivity index (χ1) is 7.52. The summed E-state index contributed by atoms with van der Waals surface area (Å²) in [6.07, 6.45) is 1.71. The van der Waals surface area contributed by atoms with Crippen molar-refractivity contribution in [1.29, 1.82) is 0 Å². The molecular weight excluding hydrogens is 271 g/mol. The van der Waals surface area contributed by atoms with Crippen molar-refractivity contribution in [2.24, 2.45) is 5.92 Å². The minimum absolute atomic E-state index is 0.252. The first kappa shape index (κ1) is 13.7. The van der Waals surface area contributed by atoms with E-state index in [9.17, 15) is 9.50 Å². The maximum atomic E-state index is 13.5. The number of aliphatic hydroxyl groups excluding tert-OH is 1. The van der Waals surface area contributed by atoms with Crippen LogP contribution in [0.3, 0.4) is 0 Å². The largest absolute Gasteiger partial charge is 0.393 e. The Hall–Kier alpha value is -0.410. The number of halogens is 2. The van der Waals surface area contributed by atoms with Crippen LogP contribution in [0.2, 0.25) is 0 Å². The van der Waals surface area contributed by atoms with Gasteiger partial charge in [0.2, 0.25) is 0 Å². The van der Waals surface area contributed by atoms with Crippen LogP contribution in [0.25, 0.3) is 0 Å². The maximum Gasteiger partial charge on any atom is 0.127 e. The predicted octanol–water partition coefficient (Wildman–Crippen LogP) is 3.93. The Bertz CT molecular complexity index is 341. The highest BCUT2D eigenvalue weighted by Gasteiger charge is 2.12. The molecule has 0 fully saturated rings. The first-order valence-corrected chi connectivity index (χ1v) is 6.44. The molecule has 2 unspecified atom stereocenters. The van der Waals surface area contributed by atoms with Crippen molar-refractivity contribution in [1.82, 2.24) is 0 Å². The fraction of sp³-hybridized carbons (Fsp3) is 0.538. The standard InChI is InChI=1S/C13H18BrFO/c1-3-9(2)6-12(16)7-10-4-5-11(14)8-13(10)15/h4-5,8-9,12,16H,3,6-7H2,1-2H3. The molecule has 0 bridgehead atoms. The monoisotopic (exact) mass is 288 g/mol. The molecule has 0 aliphatic heterocycles. The van der Waals surface area contributed by atoms with Gasteiger partial charge >= 0.3 is 0 Å². The van der Waals surface area contributed by atoms with Gasteiger partial charge in [-0.3, -0.25) is 0 Å². The van der Waals surface area contributed by atoms with Gasteiger partial charge in [0.25, 0.3) is 0 Å². The second kappa shape index (κ2) is 6.36. The van der Waals surface area contributed by atoms with Crippen molar-refractivity contribution in [3.63, 3.8) is 0 Å². The van der Waals surface area contributed by atoms with Gasteiger partial charge in [-0.05, 0) is 30.0 Å². The molecule has 0 amide bonds. The third-order valence-electron chi connectivity index (χ3n) is 2.84. The number of benzene rings is 1. The fourth-order valence-electron chi connectivity index (χ4n) is 1.66. The van der Waals surface area contributed by atoms with E-state index in [0.29, 0.717) is 17.9 Å².